The number of nitriles is 1. The highest BCUT2D eigenvalue weighted by Gasteiger charge is 2.52. The minimum absolute atomic E-state index is 0.0384. The molecule has 0 aliphatic heterocycles. The molecule has 3 fully saturated rings. The van der Waals surface area contributed by atoms with E-state index < -0.39 is 0 Å². The van der Waals surface area contributed by atoms with Gasteiger partial charge in [0.15, 0.2) is 0 Å². The largest absolute Gasteiger partial charge is 0.420 e. The number of aromatic nitrogens is 5. The van der Waals surface area contributed by atoms with E-state index in [2.05, 4.69) is 45.8 Å². The number of anilines is 1. The molecule has 0 unspecified atom stereocenters. The van der Waals surface area contributed by atoms with Gasteiger partial charge in [-0.1, -0.05) is 0 Å². The summed E-state index contributed by atoms with van der Waals surface area (Å²) in [6, 6.07) is 9.94. The van der Waals surface area contributed by atoms with E-state index in [4.69, 9.17) is 9.40 Å². The molecule has 0 saturated heterocycles. The SMILES string of the molecule is CC(=O)NC12CCC(c3nnc(-c4cnc(-c5ccc6cc(C#N)cnn56)cc4NC(C)C)o3)(CC1)CC2. The van der Waals surface area contributed by atoms with Gasteiger partial charge in [0, 0.05) is 30.1 Å². The van der Waals surface area contributed by atoms with E-state index in [1.54, 1.807) is 29.9 Å². The van der Waals surface area contributed by atoms with Crippen molar-refractivity contribution in [2.45, 2.75) is 76.3 Å². The molecule has 0 radical (unpaired) electrons. The van der Waals surface area contributed by atoms with Crippen LogP contribution in [-0.4, -0.2) is 42.3 Å². The summed E-state index contributed by atoms with van der Waals surface area (Å²) in [4.78, 5) is 16.4. The second kappa shape index (κ2) is 8.94. The van der Waals surface area contributed by atoms with Crippen molar-refractivity contribution >= 4 is 17.1 Å². The molecule has 3 aliphatic rings. The summed E-state index contributed by atoms with van der Waals surface area (Å²) in [7, 11) is 0. The van der Waals surface area contributed by atoms with Crippen LogP contribution in [0.25, 0.3) is 28.4 Å². The van der Waals surface area contributed by atoms with Crippen LogP contribution >= 0.6 is 0 Å². The Hall–Kier alpha value is -4.26. The third-order valence-corrected chi connectivity index (χ3v) is 8.04. The standard InChI is InChI=1S/C28H30N8O2/c1-17(2)32-22-13-23(24-5-4-20-12-19(14-29)15-31-36(20)24)30-16-21(22)25-34-35-26(38-25)27-6-9-28(10-7-27,11-8-27)33-18(3)37/h4-5,12-13,15-17H,6-11H2,1-3H3,(H,30,32)(H,33,37). The van der Waals surface area contributed by atoms with Crippen molar-refractivity contribution in [2.75, 3.05) is 5.32 Å². The molecule has 4 heterocycles. The van der Waals surface area contributed by atoms with Crippen molar-refractivity contribution in [1.29, 1.82) is 5.26 Å². The van der Waals surface area contributed by atoms with Crippen molar-refractivity contribution in [3.05, 3.63) is 48.1 Å². The number of carbonyl (C=O) groups excluding carboxylic acids is 1. The Morgan fingerprint density at radius 2 is 1.87 bits per heavy atom. The molecule has 2 bridgehead atoms. The summed E-state index contributed by atoms with van der Waals surface area (Å²) < 4.78 is 8.13. The number of hydrogen-bond donors (Lipinski definition) is 2. The van der Waals surface area contributed by atoms with E-state index in [1.807, 2.05) is 18.2 Å². The van der Waals surface area contributed by atoms with Gasteiger partial charge in [-0.15, -0.1) is 10.2 Å². The Kier molecular flexibility index (Phi) is 5.67. The van der Waals surface area contributed by atoms with E-state index in [0.717, 1.165) is 66.7 Å². The summed E-state index contributed by atoms with van der Waals surface area (Å²) in [5.41, 5.74) is 4.27. The Labute approximate surface area is 220 Å². The Balaban J connectivity index is 1.32. The lowest BCUT2D eigenvalue weighted by molar-refractivity contribution is -0.122. The predicted molar refractivity (Wildman–Crippen MR) is 141 cm³/mol. The van der Waals surface area contributed by atoms with Crippen molar-refractivity contribution in [3.63, 3.8) is 0 Å². The zero-order chi connectivity index (χ0) is 26.5. The number of nitrogens with one attached hydrogen (secondary N) is 2. The van der Waals surface area contributed by atoms with Gasteiger partial charge in [0.25, 0.3) is 5.89 Å². The number of nitrogens with zero attached hydrogens (tertiary/aromatic N) is 6. The molecule has 0 aromatic carbocycles. The number of pyridine rings is 1. The lowest BCUT2D eigenvalue weighted by Crippen LogP contribution is -2.57. The number of amides is 1. The van der Waals surface area contributed by atoms with Gasteiger partial charge in [-0.2, -0.15) is 10.4 Å². The number of hydrogen-bond acceptors (Lipinski definition) is 8. The fourth-order valence-corrected chi connectivity index (χ4v) is 6.06. The second-order valence-electron chi connectivity index (χ2n) is 11.0. The van der Waals surface area contributed by atoms with E-state index in [1.165, 1.54) is 0 Å². The Morgan fingerprint density at radius 3 is 2.55 bits per heavy atom. The maximum absolute atomic E-state index is 11.7. The quantitative estimate of drug-likeness (QED) is 0.384. The molecule has 7 rings (SSSR count). The van der Waals surface area contributed by atoms with Crippen LogP contribution in [0.3, 0.4) is 0 Å². The van der Waals surface area contributed by atoms with Gasteiger partial charge in [0.05, 0.1) is 39.9 Å². The minimum atomic E-state index is -0.136. The average molecular weight is 511 g/mol. The maximum atomic E-state index is 11.7. The highest BCUT2D eigenvalue weighted by atomic mass is 16.4. The maximum Gasteiger partial charge on any atom is 0.251 e. The molecule has 3 aliphatic carbocycles. The van der Waals surface area contributed by atoms with Crippen LogP contribution in [0.5, 0.6) is 0 Å². The van der Waals surface area contributed by atoms with Gasteiger partial charge in [-0.05, 0) is 76.6 Å². The molecular formula is C28H30N8O2. The van der Waals surface area contributed by atoms with E-state index >= 15 is 0 Å². The molecule has 4 aromatic heterocycles. The fraction of sp³-hybridized carbons (Fsp3) is 0.429. The summed E-state index contributed by atoms with van der Waals surface area (Å²) in [5, 5.41) is 29.3. The van der Waals surface area contributed by atoms with E-state index in [0.29, 0.717) is 17.3 Å². The Bertz CT molecular complexity index is 1550. The highest BCUT2D eigenvalue weighted by Crippen LogP contribution is 2.53. The number of carbonyl (C=O) groups is 1. The van der Waals surface area contributed by atoms with Crippen molar-refractivity contribution in [1.82, 2.24) is 30.1 Å². The van der Waals surface area contributed by atoms with Crippen LogP contribution < -0.4 is 10.6 Å². The summed E-state index contributed by atoms with van der Waals surface area (Å²) in [5.74, 6) is 1.16. The number of rotatable bonds is 6. The second-order valence-corrected chi connectivity index (χ2v) is 11.0. The van der Waals surface area contributed by atoms with Gasteiger partial charge < -0.3 is 15.1 Å². The monoisotopic (exact) mass is 510 g/mol. The zero-order valence-corrected chi connectivity index (χ0v) is 21.8. The first-order valence-electron chi connectivity index (χ1n) is 13.1. The summed E-state index contributed by atoms with van der Waals surface area (Å²) >= 11 is 0. The third-order valence-electron chi connectivity index (χ3n) is 8.04. The van der Waals surface area contributed by atoms with E-state index in [9.17, 15) is 10.1 Å². The van der Waals surface area contributed by atoms with E-state index in [-0.39, 0.29) is 22.9 Å². The van der Waals surface area contributed by atoms with Gasteiger partial charge in [0.2, 0.25) is 11.8 Å². The summed E-state index contributed by atoms with van der Waals surface area (Å²) in [6.07, 6.45) is 8.86. The normalized spacial score (nSPS) is 22.5. The first-order valence-corrected chi connectivity index (χ1v) is 13.1. The van der Waals surface area contributed by atoms with Crippen LogP contribution in [0, 0.1) is 11.3 Å². The number of fused-ring (bicyclic) bond motifs is 4. The van der Waals surface area contributed by atoms with Gasteiger partial charge in [-0.25, -0.2) is 4.52 Å². The van der Waals surface area contributed by atoms with Crippen LogP contribution in [0.1, 0.15) is 70.8 Å². The molecule has 2 N–H and O–H groups in total. The van der Waals surface area contributed by atoms with Crippen LogP contribution in [0.2, 0.25) is 0 Å². The molecule has 194 valence electrons. The van der Waals surface area contributed by atoms with Crippen molar-refractivity contribution < 1.29 is 9.21 Å². The first-order chi connectivity index (χ1) is 18.3. The molecule has 0 spiro atoms. The lowest BCUT2D eigenvalue weighted by atomic mass is 9.57. The molecule has 10 heteroatoms. The van der Waals surface area contributed by atoms with Gasteiger partial charge >= 0.3 is 0 Å². The molecule has 38 heavy (non-hydrogen) atoms. The molecule has 1 amide bonds. The fourth-order valence-electron chi connectivity index (χ4n) is 6.06. The molecule has 0 atom stereocenters. The Morgan fingerprint density at radius 1 is 1.11 bits per heavy atom. The van der Waals surface area contributed by atoms with Crippen molar-refractivity contribution in [3.8, 4) is 28.9 Å². The summed E-state index contributed by atoms with van der Waals surface area (Å²) in [6.45, 7) is 5.74. The zero-order valence-electron chi connectivity index (χ0n) is 21.8. The third kappa shape index (κ3) is 4.08. The molecular weight excluding hydrogens is 480 g/mol. The molecule has 3 saturated carbocycles. The van der Waals surface area contributed by atoms with Crippen LogP contribution in [0.15, 0.2) is 41.1 Å². The van der Waals surface area contributed by atoms with Gasteiger partial charge in [0.1, 0.15) is 6.07 Å². The smallest absolute Gasteiger partial charge is 0.251 e. The van der Waals surface area contributed by atoms with Crippen molar-refractivity contribution in [2.24, 2.45) is 0 Å². The topological polar surface area (TPSA) is 134 Å². The predicted octanol–water partition coefficient (Wildman–Crippen LogP) is 4.62. The van der Waals surface area contributed by atoms with Crippen LogP contribution in [-0.2, 0) is 10.2 Å². The average Bonchev–Trinajstić information content (AvgIpc) is 3.56. The molecule has 10 nitrogen and oxygen atoms in total. The van der Waals surface area contributed by atoms with Crippen LogP contribution in [0.4, 0.5) is 5.69 Å². The highest BCUT2D eigenvalue weighted by molar-refractivity contribution is 5.77. The van der Waals surface area contributed by atoms with Gasteiger partial charge in [-0.3, -0.25) is 9.78 Å². The lowest BCUT2D eigenvalue weighted by Gasteiger charge is -2.51. The molecule has 4 aromatic rings. The first kappa shape index (κ1) is 24.1. The minimum Gasteiger partial charge on any atom is -0.420 e.